The molecule has 1 aromatic heterocycles. The monoisotopic (exact) mass is 376 g/mol. The van der Waals surface area contributed by atoms with E-state index in [4.69, 9.17) is 17.3 Å². The summed E-state index contributed by atoms with van der Waals surface area (Å²) < 4.78 is 27.2. The number of hydrogen-bond acceptors (Lipinski definition) is 5. The lowest BCUT2D eigenvalue weighted by Gasteiger charge is -2.10. The predicted octanol–water partition coefficient (Wildman–Crippen LogP) is 1.95. The second-order valence-corrected chi connectivity index (χ2v) is 6.80. The Morgan fingerprint density at radius 3 is 2.80 bits per heavy atom. The van der Waals surface area contributed by atoms with E-state index >= 15 is 0 Å². The molecule has 0 bridgehead atoms. The van der Waals surface area contributed by atoms with Gasteiger partial charge in [-0.2, -0.15) is 0 Å². The van der Waals surface area contributed by atoms with E-state index in [1.54, 1.807) is 6.07 Å². The Bertz CT molecular complexity index is 725. The highest BCUT2D eigenvalue weighted by Crippen LogP contribution is 2.31. The summed E-state index contributed by atoms with van der Waals surface area (Å²) in [6, 6.07) is 4.41. The molecule has 6 nitrogen and oxygen atoms in total. The average Bonchev–Trinajstić information content (AvgIpc) is 2.42. The number of nitrogen functional groups attached to an aromatic ring is 1. The zero-order valence-corrected chi connectivity index (χ0v) is 13.2. The third kappa shape index (κ3) is 3.45. The van der Waals surface area contributed by atoms with Gasteiger partial charge in [0.25, 0.3) is 0 Å². The highest BCUT2D eigenvalue weighted by atomic mass is 79.9. The van der Waals surface area contributed by atoms with Crippen LogP contribution in [0, 0.1) is 0 Å². The van der Waals surface area contributed by atoms with E-state index in [2.05, 4.69) is 30.6 Å². The van der Waals surface area contributed by atoms with Crippen molar-refractivity contribution in [3.63, 3.8) is 0 Å². The fourth-order valence-electron chi connectivity index (χ4n) is 1.45. The SMILES string of the molecule is Nc1cc(Cl)cc(S(=O)(=O)NCc2ccncn2)c1Br. The van der Waals surface area contributed by atoms with Gasteiger partial charge in [0.2, 0.25) is 10.0 Å². The Morgan fingerprint density at radius 2 is 2.15 bits per heavy atom. The lowest BCUT2D eigenvalue weighted by Crippen LogP contribution is -2.24. The van der Waals surface area contributed by atoms with Gasteiger partial charge in [-0.1, -0.05) is 11.6 Å². The molecule has 0 aliphatic heterocycles. The van der Waals surface area contributed by atoms with Crippen LogP contribution in [0.1, 0.15) is 5.69 Å². The van der Waals surface area contributed by atoms with E-state index in [0.29, 0.717) is 5.69 Å². The number of aromatic nitrogens is 2. The minimum atomic E-state index is -3.76. The minimum Gasteiger partial charge on any atom is -0.398 e. The molecule has 0 aliphatic carbocycles. The summed E-state index contributed by atoms with van der Waals surface area (Å²) >= 11 is 8.98. The van der Waals surface area contributed by atoms with Gasteiger partial charge in [-0.05, 0) is 34.1 Å². The highest BCUT2D eigenvalue weighted by Gasteiger charge is 2.20. The Labute approximate surface area is 129 Å². The average molecular weight is 378 g/mol. The normalized spacial score (nSPS) is 11.5. The Kier molecular flexibility index (Phi) is 4.59. The van der Waals surface area contributed by atoms with Crippen LogP contribution >= 0.6 is 27.5 Å². The number of anilines is 1. The van der Waals surface area contributed by atoms with Crippen LogP contribution in [0.5, 0.6) is 0 Å². The molecule has 1 aromatic carbocycles. The number of nitrogens with two attached hydrogens (primary N) is 1. The van der Waals surface area contributed by atoms with Crippen molar-refractivity contribution in [2.45, 2.75) is 11.4 Å². The van der Waals surface area contributed by atoms with Gasteiger partial charge in [0, 0.05) is 16.9 Å². The van der Waals surface area contributed by atoms with Gasteiger partial charge in [0.15, 0.2) is 0 Å². The zero-order chi connectivity index (χ0) is 14.8. The molecule has 20 heavy (non-hydrogen) atoms. The summed E-state index contributed by atoms with van der Waals surface area (Å²) in [4.78, 5) is 7.67. The topological polar surface area (TPSA) is 98.0 Å². The summed E-state index contributed by atoms with van der Waals surface area (Å²) in [7, 11) is -3.76. The van der Waals surface area contributed by atoms with Crippen LogP contribution < -0.4 is 10.5 Å². The molecule has 3 N–H and O–H groups in total. The third-order valence-corrected chi connectivity index (χ3v) is 5.20. The van der Waals surface area contributed by atoms with Gasteiger partial charge in [-0.3, -0.25) is 0 Å². The first-order valence-corrected chi connectivity index (χ1v) is 8.04. The molecule has 0 unspecified atom stereocenters. The molecule has 0 aliphatic rings. The van der Waals surface area contributed by atoms with Crippen molar-refractivity contribution in [3.8, 4) is 0 Å². The lowest BCUT2D eigenvalue weighted by molar-refractivity contribution is 0.580. The van der Waals surface area contributed by atoms with Gasteiger partial charge in [-0.15, -0.1) is 0 Å². The van der Waals surface area contributed by atoms with Crippen molar-refractivity contribution >= 4 is 43.2 Å². The molecule has 0 spiro atoms. The summed E-state index contributed by atoms with van der Waals surface area (Å²) in [5, 5.41) is 0.244. The number of sulfonamides is 1. The van der Waals surface area contributed by atoms with E-state index in [1.165, 1.54) is 24.7 Å². The standard InChI is InChI=1S/C11H10BrClN4O2S/c12-11-9(14)3-7(13)4-10(11)20(18,19)17-5-8-1-2-15-6-16-8/h1-4,6,17H,5,14H2. The summed E-state index contributed by atoms with van der Waals surface area (Å²) in [5.74, 6) is 0. The molecule has 0 amide bonds. The van der Waals surface area contributed by atoms with Gasteiger partial charge < -0.3 is 5.73 Å². The van der Waals surface area contributed by atoms with Crippen molar-refractivity contribution in [1.29, 1.82) is 0 Å². The van der Waals surface area contributed by atoms with Crippen LogP contribution in [-0.2, 0) is 16.6 Å². The van der Waals surface area contributed by atoms with Crippen LogP contribution in [0.15, 0.2) is 40.1 Å². The van der Waals surface area contributed by atoms with Gasteiger partial charge in [0.05, 0.1) is 21.6 Å². The molecular formula is C11H10BrClN4O2S. The molecule has 9 heteroatoms. The van der Waals surface area contributed by atoms with Crippen LogP contribution in [-0.4, -0.2) is 18.4 Å². The molecule has 2 rings (SSSR count). The maximum Gasteiger partial charge on any atom is 0.242 e. The van der Waals surface area contributed by atoms with Crippen molar-refractivity contribution in [1.82, 2.24) is 14.7 Å². The molecule has 1 heterocycles. The third-order valence-electron chi connectivity index (χ3n) is 2.41. The minimum absolute atomic E-state index is 0.0171. The number of nitrogens with zero attached hydrogens (tertiary/aromatic N) is 2. The number of hydrogen-bond donors (Lipinski definition) is 2. The Balaban J connectivity index is 2.27. The molecule has 0 fully saturated rings. The van der Waals surface area contributed by atoms with Crippen molar-refractivity contribution < 1.29 is 8.42 Å². The summed E-state index contributed by atoms with van der Waals surface area (Å²) in [6.45, 7) is 0.0453. The number of rotatable bonds is 4. The fraction of sp³-hybridized carbons (Fsp3) is 0.0909. The second kappa shape index (κ2) is 6.04. The first-order valence-electron chi connectivity index (χ1n) is 5.39. The van der Waals surface area contributed by atoms with Gasteiger partial charge in [-0.25, -0.2) is 23.1 Å². The molecule has 0 radical (unpaired) electrons. The quantitative estimate of drug-likeness (QED) is 0.794. The highest BCUT2D eigenvalue weighted by molar-refractivity contribution is 9.10. The van der Waals surface area contributed by atoms with E-state index < -0.39 is 10.0 Å². The van der Waals surface area contributed by atoms with Crippen molar-refractivity contribution in [2.24, 2.45) is 0 Å². The fourth-order valence-corrected chi connectivity index (χ4v) is 3.74. The molecule has 106 valence electrons. The molecule has 2 aromatic rings. The van der Waals surface area contributed by atoms with Crippen molar-refractivity contribution in [3.05, 3.63) is 45.9 Å². The Morgan fingerprint density at radius 1 is 1.40 bits per heavy atom. The number of benzene rings is 1. The van der Waals surface area contributed by atoms with E-state index in [9.17, 15) is 8.42 Å². The van der Waals surface area contributed by atoms with Crippen LogP contribution in [0.4, 0.5) is 5.69 Å². The predicted molar refractivity (Wildman–Crippen MR) is 79.6 cm³/mol. The van der Waals surface area contributed by atoms with Crippen LogP contribution in [0.25, 0.3) is 0 Å². The smallest absolute Gasteiger partial charge is 0.242 e. The van der Waals surface area contributed by atoms with E-state index in [1.807, 2.05) is 0 Å². The molecule has 0 saturated carbocycles. The maximum atomic E-state index is 12.2. The van der Waals surface area contributed by atoms with Crippen LogP contribution in [0.3, 0.4) is 0 Å². The first kappa shape index (κ1) is 15.2. The zero-order valence-electron chi connectivity index (χ0n) is 10.0. The summed E-state index contributed by atoms with van der Waals surface area (Å²) in [5.41, 5.74) is 6.48. The largest absolute Gasteiger partial charge is 0.398 e. The van der Waals surface area contributed by atoms with Crippen LogP contribution in [0.2, 0.25) is 5.02 Å². The number of nitrogens with one attached hydrogen (secondary N) is 1. The maximum absolute atomic E-state index is 12.2. The van der Waals surface area contributed by atoms with Gasteiger partial charge in [0.1, 0.15) is 6.33 Å². The second-order valence-electron chi connectivity index (χ2n) is 3.83. The summed E-state index contributed by atoms with van der Waals surface area (Å²) in [6.07, 6.45) is 2.88. The first-order chi connectivity index (χ1) is 9.40. The van der Waals surface area contributed by atoms with E-state index in [0.717, 1.165) is 0 Å². The van der Waals surface area contributed by atoms with Crippen molar-refractivity contribution in [2.75, 3.05) is 5.73 Å². The van der Waals surface area contributed by atoms with E-state index in [-0.39, 0.29) is 26.6 Å². The molecule has 0 saturated heterocycles. The molecule has 0 atom stereocenters. The number of halogens is 2. The molecular weight excluding hydrogens is 368 g/mol. The Hall–Kier alpha value is -1.22. The lowest BCUT2D eigenvalue weighted by atomic mass is 10.3. The van der Waals surface area contributed by atoms with Gasteiger partial charge >= 0.3 is 0 Å².